The van der Waals surface area contributed by atoms with Crippen molar-refractivity contribution in [2.75, 3.05) is 5.75 Å². The summed E-state index contributed by atoms with van der Waals surface area (Å²) in [6, 6.07) is 10.1. The molecule has 1 unspecified atom stereocenters. The van der Waals surface area contributed by atoms with Crippen LogP contribution in [0.25, 0.3) is 0 Å². The van der Waals surface area contributed by atoms with Crippen LogP contribution in [0.1, 0.15) is 12.5 Å². The molecule has 2 rings (SSSR count). The van der Waals surface area contributed by atoms with E-state index in [1.807, 2.05) is 30.3 Å². The fourth-order valence-electron chi connectivity index (χ4n) is 1.33. The van der Waals surface area contributed by atoms with Gasteiger partial charge in [-0.15, -0.1) is 11.8 Å². The SMILES string of the molecule is CC(O)C1=CN=C(c2ccccc2)SC1. The van der Waals surface area contributed by atoms with Gasteiger partial charge in [0.05, 0.1) is 6.10 Å². The molecule has 0 amide bonds. The molecule has 0 bridgehead atoms. The summed E-state index contributed by atoms with van der Waals surface area (Å²) in [7, 11) is 0. The van der Waals surface area contributed by atoms with Crippen LogP contribution in [0, 0.1) is 0 Å². The summed E-state index contributed by atoms with van der Waals surface area (Å²) in [6.45, 7) is 1.77. The molecule has 0 spiro atoms. The van der Waals surface area contributed by atoms with Crippen molar-refractivity contribution in [1.29, 1.82) is 0 Å². The molecule has 1 aliphatic heterocycles. The Balaban J connectivity index is 2.21. The number of rotatable bonds is 2. The first-order valence-electron chi connectivity index (χ1n) is 4.90. The second-order valence-electron chi connectivity index (χ2n) is 3.47. The van der Waals surface area contributed by atoms with Crippen LogP contribution in [-0.2, 0) is 0 Å². The van der Waals surface area contributed by atoms with Crippen molar-refractivity contribution in [3.05, 3.63) is 47.7 Å². The minimum absolute atomic E-state index is 0.390. The highest BCUT2D eigenvalue weighted by molar-refractivity contribution is 8.14. The highest BCUT2D eigenvalue weighted by Crippen LogP contribution is 2.22. The third kappa shape index (κ3) is 2.49. The summed E-state index contributed by atoms with van der Waals surface area (Å²) in [5.41, 5.74) is 2.13. The lowest BCUT2D eigenvalue weighted by atomic mass is 10.2. The average Bonchev–Trinajstić information content (AvgIpc) is 2.30. The standard InChI is InChI=1S/C12H13NOS/c1-9(14)11-7-13-12(15-8-11)10-5-3-2-4-6-10/h2-7,9,14H,8H2,1H3. The molecule has 1 aromatic rings. The van der Waals surface area contributed by atoms with E-state index in [-0.39, 0.29) is 0 Å². The Morgan fingerprint density at radius 2 is 2.07 bits per heavy atom. The molecule has 1 aliphatic rings. The fourth-order valence-corrected chi connectivity index (χ4v) is 2.38. The van der Waals surface area contributed by atoms with Gasteiger partial charge in [0.15, 0.2) is 0 Å². The van der Waals surface area contributed by atoms with Gasteiger partial charge in [-0.25, -0.2) is 4.99 Å². The van der Waals surface area contributed by atoms with Crippen molar-refractivity contribution < 1.29 is 5.11 Å². The number of aliphatic imine (C=N–C) groups is 1. The predicted octanol–water partition coefficient (Wildman–Crippen LogP) is 2.44. The number of benzene rings is 1. The Kier molecular flexibility index (Phi) is 3.23. The largest absolute Gasteiger partial charge is 0.389 e. The van der Waals surface area contributed by atoms with Gasteiger partial charge >= 0.3 is 0 Å². The Labute approximate surface area is 93.7 Å². The third-order valence-corrected chi connectivity index (χ3v) is 3.37. The number of thioether (sulfide) groups is 1. The molecular weight excluding hydrogens is 206 g/mol. The fraction of sp³-hybridized carbons (Fsp3) is 0.250. The zero-order chi connectivity index (χ0) is 10.7. The molecule has 0 aromatic heterocycles. The first-order valence-corrected chi connectivity index (χ1v) is 5.89. The zero-order valence-corrected chi connectivity index (χ0v) is 9.37. The zero-order valence-electron chi connectivity index (χ0n) is 8.55. The van der Waals surface area contributed by atoms with Crippen molar-refractivity contribution >= 4 is 16.8 Å². The van der Waals surface area contributed by atoms with Gasteiger partial charge in [-0.3, -0.25) is 0 Å². The molecule has 78 valence electrons. The minimum atomic E-state index is -0.390. The lowest BCUT2D eigenvalue weighted by Gasteiger charge is -2.15. The van der Waals surface area contributed by atoms with Crippen LogP contribution in [0.5, 0.6) is 0 Å². The summed E-state index contributed by atoms with van der Waals surface area (Å²) < 4.78 is 0. The predicted molar refractivity (Wildman–Crippen MR) is 65.2 cm³/mol. The first kappa shape index (κ1) is 10.5. The molecule has 1 heterocycles. The second-order valence-corrected chi connectivity index (χ2v) is 4.43. The van der Waals surface area contributed by atoms with E-state index in [1.165, 1.54) is 0 Å². The van der Waals surface area contributed by atoms with Crippen molar-refractivity contribution in [1.82, 2.24) is 0 Å². The topological polar surface area (TPSA) is 32.6 Å². The van der Waals surface area contributed by atoms with E-state index in [9.17, 15) is 5.11 Å². The van der Waals surface area contributed by atoms with E-state index in [2.05, 4.69) is 4.99 Å². The maximum absolute atomic E-state index is 9.38. The monoisotopic (exact) mass is 219 g/mol. The highest BCUT2D eigenvalue weighted by atomic mass is 32.2. The van der Waals surface area contributed by atoms with Crippen LogP contribution in [0.4, 0.5) is 0 Å². The highest BCUT2D eigenvalue weighted by Gasteiger charge is 2.13. The number of aliphatic hydroxyl groups excluding tert-OH is 1. The van der Waals surface area contributed by atoms with Gasteiger partial charge in [0.25, 0.3) is 0 Å². The molecule has 0 radical (unpaired) electrons. The molecule has 0 aliphatic carbocycles. The summed E-state index contributed by atoms with van der Waals surface area (Å²) in [4.78, 5) is 4.36. The molecular formula is C12H13NOS. The van der Waals surface area contributed by atoms with Gasteiger partial charge in [-0.2, -0.15) is 0 Å². The summed E-state index contributed by atoms with van der Waals surface area (Å²) in [5.74, 6) is 0.825. The number of aliphatic hydroxyl groups is 1. The maximum Gasteiger partial charge on any atom is 0.103 e. The van der Waals surface area contributed by atoms with Crippen LogP contribution in [-0.4, -0.2) is 22.0 Å². The maximum atomic E-state index is 9.38. The summed E-state index contributed by atoms with van der Waals surface area (Å²) in [6.07, 6.45) is 1.39. The molecule has 0 saturated carbocycles. The quantitative estimate of drug-likeness (QED) is 0.828. The van der Waals surface area contributed by atoms with Crippen molar-refractivity contribution in [2.24, 2.45) is 4.99 Å². The number of nitrogens with zero attached hydrogens (tertiary/aromatic N) is 1. The average molecular weight is 219 g/mol. The van der Waals surface area contributed by atoms with E-state index < -0.39 is 6.10 Å². The molecule has 1 aromatic carbocycles. The molecule has 2 nitrogen and oxygen atoms in total. The molecule has 0 fully saturated rings. The van der Waals surface area contributed by atoms with Crippen LogP contribution >= 0.6 is 11.8 Å². The van der Waals surface area contributed by atoms with E-state index >= 15 is 0 Å². The Morgan fingerprint density at radius 1 is 1.33 bits per heavy atom. The lowest BCUT2D eigenvalue weighted by molar-refractivity contribution is 0.232. The summed E-state index contributed by atoms with van der Waals surface area (Å²) in [5, 5.41) is 10.4. The number of hydrogen-bond donors (Lipinski definition) is 1. The van der Waals surface area contributed by atoms with Crippen molar-refractivity contribution in [3.8, 4) is 0 Å². The van der Waals surface area contributed by atoms with Gasteiger partial charge in [0.1, 0.15) is 5.04 Å². The minimum Gasteiger partial charge on any atom is -0.389 e. The Morgan fingerprint density at radius 3 is 2.60 bits per heavy atom. The van der Waals surface area contributed by atoms with Crippen LogP contribution in [0.3, 0.4) is 0 Å². The van der Waals surface area contributed by atoms with Crippen molar-refractivity contribution in [3.63, 3.8) is 0 Å². The van der Waals surface area contributed by atoms with Gasteiger partial charge in [0.2, 0.25) is 0 Å². The van der Waals surface area contributed by atoms with E-state index in [0.717, 1.165) is 21.9 Å². The van der Waals surface area contributed by atoms with E-state index in [0.29, 0.717) is 0 Å². The lowest BCUT2D eigenvalue weighted by Crippen LogP contribution is -2.11. The Bertz CT molecular complexity index is 395. The van der Waals surface area contributed by atoms with E-state index in [4.69, 9.17) is 0 Å². The van der Waals surface area contributed by atoms with Crippen LogP contribution in [0.15, 0.2) is 47.1 Å². The first-order chi connectivity index (χ1) is 7.27. The van der Waals surface area contributed by atoms with Gasteiger partial charge in [-0.1, -0.05) is 30.3 Å². The molecule has 15 heavy (non-hydrogen) atoms. The van der Waals surface area contributed by atoms with Gasteiger partial charge in [0, 0.05) is 17.5 Å². The smallest absolute Gasteiger partial charge is 0.103 e. The van der Waals surface area contributed by atoms with Crippen LogP contribution < -0.4 is 0 Å². The number of hydrogen-bond acceptors (Lipinski definition) is 3. The molecule has 1 atom stereocenters. The molecule has 3 heteroatoms. The van der Waals surface area contributed by atoms with E-state index in [1.54, 1.807) is 24.9 Å². The van der Waals surface area contributed by atoms with Crippen LogP contribution in [0.2, 0.25) is 0 Å². The summed E-state index contributed by atoms with van der Waals surface area (Å²) >= 11 is 1.67. The van der Waals surface area contributed by atoms with Gasteiger partial charge in [-0.05, 0) is 12.5 Å². The van der Waals surface area contributed by atoms with Crippen molar-refractivity contribution in [2.45, 2.75) is 13.0 Å². The normalized spacial score (nSPS) is 18.0. The third-order valence-electron chi connectivity index (χ3n) is 2.28. The molecule has 1 N–H and O–H groups in total. The van der Waals surface area contributed by atoms with Gasteiger partial charge < -0.3 is 5.11 Å². The Hall–Kier alpha value is -1.06. The molecule has 0 saturated heterocycles. The second kappa shape index (κ2) is 4.64.